The molecule has 9 heteroatoms. The van der Waals surface area contributed by atoms with Crippen LogP contribution in [0.3, 0.4) is 0 Å². The van der Waals surface area contributed by atoms with Crippen LogP contribution in [0.5, 0.6) is 0 Å². The van der Waals surface area contributed by atoms with E-state index >= 15 is 0 Å². The minimum atomic E-state index is 0.146. The standard InChI is InChI=1S/C19H31N4O5/c24-9-4-7-23-17-19(20-21-23)18-28-16-15-27-14-13-26-12-11-25-10-8-22-5-2-1-3-6-22/h1-3,5-6,17,24H,4,7-16,18H2/q+1. The van der Waals surface area contributed by atoms with Crippen molar-refractivity contribution in [2.75, 3.05) is 52.9 Å². The lowest BCUT2D eigenvalue weighted by atomic mass is 10.4. The van der Waals surface area contributed by atoms with Crippen molar-refractivity contribution in [3.8, 4) is 0 Å². The first-order chi connectivity index (χ1) is 13.9. The van der Waals surface area contributed by atoms with Crippen molar-refractivity contribution in [3.63, 3.8) is 0 Å². The highest BCUT2D eigenvalue weighted by Gasteiger charge is 2.01. The van der Waals surface area contributed by atoms with Crippen molar-refractivity contribution in [2.24, 2.45) is 0 Å². The maximum absolute atomic E-state index is 8.78. The van der Waals surface area contributed by atoms with Gasteiger partial charge in [-0.15, -0.1) is 5.10 Å². The van der Waals surface area contributed by atoms with Crippen LogP contribution in [0.15, 0.2) is 36.8 Å². The summed E-state index contributed by atoms with van der Waals surface area (Å²) in [6.07, 6.45) is 6.52. The van der Waals surface area contributed by atoms with Gasteiger partial charge >= 0.3 is 0 Å². The van der Waals surface area contributed by atoms with Crippen LogP contribution in [0.1, 0.15) is 12.1 Å². The number of hydrogen-bond acceptors (Lipinski definition) is 7. The van der Waals surface area contributed by atoms with Crippen LogP contribution in [-0.4, -0.2) is 73.0 Å². The van der Waals surface area contributed by atoms with Crippen LogP contribution in [-0.2, 0) is 38.6 Å². The van der Waals surface area contributed by atoms with Gasteiger partial charge in [0.25, 0.3) is 0 Å². The average Bonchev–Trinajstić information content (AvgIpc) is 3.18. The average molecular weight is 395 g/mol. The predicted octanol–water partition coefficient (Wildman–Crippen LogP) is 0.215. The molecule has 0 amide bonds. The molecule has 9 nitrogen and oxygen atoms in total. The summed E-state index contributed by atoms with van der Waals surface area (Å²) in [6, 6.07) is 5.99. The van der Waals surface area contributed by atoms with E-state index in [1.165, 1.54) is 0 Å². The molecular formula is C19H31N4O5+. The second-order valence-corrected chi connectivity index (χ2v) is 6.05. The summed E-state index contributed by atoms with van der Waals surface area (Å²) >= 11 is 0. The Kier molecular flexibility index (Phi) is 12.0. The zero-order chi connectivity index (χ0) is 19.7. The van der Waals surface area contributed by atoms with E-state index in [4.69, 9.17) is 24.1 Å². The van der Waals surface area contributed by atoms with Crippen molar-refractivity contribution in [1.29, 1.82) is 0 Å². The van der Waals surface area contributed by atoms with E-state index in [1.54, 1.807) is 4.68 Å². The SMILES string of the molecule is OCCCn1cc(COCCOCCOCCOCC[n+]2ccccc2)nn1. The molecule has 2 aromatic rings. The molecule has 156 valence electrons. The zero-order valence-electron chi connectivity index (χ0n) is 16.3. The van der Waals surface area contributed by atoms with Gasteiger partial charge in [0.1, 0.15) is 12.3 Å². The second kappa shape index (κ2) is 15.1. The molecule has 0 aliphatic rings. The Labute approximate surface area is 165 Å². The van der Waals surface area contributed by atoms with Crippen molar-refractivity contribution in [1.82, 2.24) is 15.0 Å². The van der Waals surface area contributed by atoms with Gasteiger partial charge < -0.3 is 24.1 Å². The van der Waals surface area contributed by atoms with Crippen molar-refractivity contribution < 1.29 is 28.6 Å². The van der Waals surface area contributed by atoms with Crippen LogP contribution in [0, 0.1) is 0 Å². The lowest BCUT2D eigenvalue weighted by Crippen LogP contribution is -2.34. The molecular weight excluding hydrogens is 364 g/mol. The van der Waals surface area contributed by atoms with E-state index in [2.05, 4.69) is 14.9 Å². The lowest BCUT2D eigenvalue weighted by molar-refractivity contribution is -0.698. The number of aliphatic hydroxyl groups is 1. The number of aryl methyl sites for hydroxylation is 1. The van der Waals surface area contributed by atoms with Crippen LogP contribution < -0.4 is 4.57 Å². The molecule has 0 unspecified atom stereocenters. The Morgan fingerprint density at radius 3 is 2.18 bits per heavy atom. The Morgan fingerprint density at radius 1 is 0.857 bits per heavy atom. The molecule has 2 rings (SSSR count). The molecule has 0 radical (unpaired) electrons. The summed E-state index contributed by atoms with van der Waals surface area (Å²) in [5.74, 6) is 0. The van der Waals surface area contributed by atoms with Gasteiger partial charge in [0.15, 0.2) is 18.9 Å². The Hall–Kier alpha value is -1.91. The molecule has 0 saturated carbocycles. The summed E-state index contributed by atoms with van der Waals surface area (Å²) < 4.78 is 25.7. The number of hydrogen-bond donors (Lipinski definition) is 1. The molecule has 0 spiro atoms. The number of nitrogens with zero attached hydrogens (tertiary/aromatic N) is 4. The van der Waals surface area contributed by atoms with Crippen LogP contribution in [0.4, 0.5) is 0 Å². The van der Waals surface area contributed by atoms with Gasteiger partial charge in [0.05, 0.1) is 52.4 Å². The second-order valence-electron chi connectivity index (χ2n) is 6.05. The molecule has 0 aliphatic carbocycles. The molecule has 0 aliphatic heterocycles. The topological polar surface area (TPSA) is 91.7 Å². The van der Waals surface area contributed by atoms with E-state index in [9.17, 15) is 0 Å². The van der Waals surface area contributed by atoms with Crippen LogP contribution in [0.25, 0.3) is 0 Å². The molecule has 0 fully saturated rings. The first-order valence-electron chi connectivity index (χ1n) is 9.63. The highest BCUT2D eigenvalue weighted by Crippen LogP contribution is 1.97. The van der Waals surface area contributed by atoms with Gasteiger partial charge in [-0.05, 0) is 6.42 Å². The molecule has 0 saturated heterocycles. The fourth-order valence-electron chi connectivity index (χ4n) is 2.34. The smallest absolute Gasteiger partial charge is 0.171 e. The van der Waals surface area contributed by atoms with Gasteiger partial charge in [0.2, 0.25) is 0 Å². The minimum Gasteiger partial charge on any atom is -0.396 e. The number of rotatable bonds is 17. The first-order valence-corrected chi connectivity index (χ1v) is 9.63. The Balaban J connectivity index is 1.32. The number of pyridine rings is 1. The molecule has 0 aromatic carbocycles. The zero-order valence-corrected chi connectivity index (χ0v) is 16.3. The highest BCUT2D eigenvalue weighted by atomic mass is 16.6. The fraction of sp³-hybridized carbons (Fsp3) is 0.632. The summed E-state index contributed by atoms with van der Waals surface area (Å²) in [5, 5.41) is 16.8. The molecule has 28 heavy (non-hydrogen) atoms. The normalized spacial score (nSPS) is 11.2. The fourth-order valence-corrected chi connectivity index (χ4v) is 2.34. The van der Waals surface area contributed by atoms with Gasteiger partial charge in [-0.25, -0.2) is 4.57 Å². The molecule has 0 atom stereocenters. The predicted molar refractivity (Wildman–Crippen MR) is 100 cm³/mol. The monoisotopic (exact) mass is 395 g/mol. The van der Waals surface area contributed by atoms with Gasteiger partial charge in [-0.3, -0.25) is 4.68 Å². The maximum Gasteiger partial charge on any atom is 0.171 e. The van der Waals surface area contributed by atoms with E-state index in [0.717, 1.165) is 12.2 Å². The van der Waals surface area contributed by atoms with Crippen molar-refractivity contribution in [2.45, 2.75) is 26.1 Å². The number of aliphatic hydroxyl groups excluding tert-OH is 1. The quantitative estimate of drug-likeness (QED) is 0.302. The number of aromatic nitrogens is 4. The highest BCUT2D eigenvalue weighted by molar-refractivity contribution is 4.89. The summed E-state index contributed by atoms with van der Waals surface area (Å²) in [5.41, 5.74) is 0.770. The largest absolute Gasteiger partial charge is 0.396 e. The van der Waals surface area contributed by atoms with Gasteiger partial charge in [-0.1, -0.05) is 11.3 Å². The lowest BCUT2D eigenvalue weighted by Gasteiger charge is -2.06. The van der Waals surface area contributed by atoms with Crippen LogP contribution >= 0.6 is 0 Å². The summed E-state index contributed by atoms with van der Waals surface area (Å²) in [6.45, 7) is 5.91. The van der Waals surface area contributed by atoms with Crippen molar-refractivity contribution in [3.05, 3.63) is 42.5 Å². The van der Waals surface area contributed by atoms with Gasteiger partial charge in [-0.2, -0.15) is 0 Å². The third-order valence-corrected chi connectivity index (χ3v) is 3.77. The third kappa shape index (κ3) is 10.4. The van der Waals surface area contributed by atoms with Gasteiger partial charge in [0, 0.05) is 25.3 Å². The summed E-state index contributed by atoms with van der Waals surface area (Å²) in [4.78, 5) is 0. The van der Waals surface area contributed by atoms with Crippen molar-refractivity contribution >= 4 is 0 Å². The first kappa shape index (κ1) is 22.4. The van der Waals surface area contributed by atoms with E-state index < -0.39 is 0 Å². The van der Waals surface area contributed by atoms with E-state index in [0.29, 0.717) is 65.8 Å². The maximum atomic E-state index is 8.78. The Morgan fingerprint density at radius 2 is 1.50 bits per heavy atom. The minimum absolute atomic E-state index is 0.146. The molecule has 2 heterocycles. The van der Waals surface area contributed by atoms with E-state index in [-0.39, 0.29) is 6.61 Å². The molecule has 1 N–H and O–H groups in total. The van der Waals surface area contributed by atoms with E-state index in [1.807, 2.05) is 36.8 Å². The molecule has 2 aromatic heterocycles. The summed E-state index contributed by atoms with van der Waals surface area (Å²) in [7, 11) is 0. The molecule has 0 bridgehead atoms. The number of ether oxygens (including phenoxy) is 4. The third-order valence-electron chi connectivity index (χ3n) is 3.77. The van der Waals surface area contributed by atoms with Crippen LogP contribution in [0.2, 0.25) is 0 Å². The Bertz CT molecular complexity index is 611.